The third-order valence-electron chi connectivity index (χ3n) is 4.14. The fourth-order valence-electron chi connectivity index (χ4n) is 2.90. The van der Waals surface area contributed by atoms with Crippen LogP contribution in [0.2, 0.25) is 0 Å². The summed E-state index contributed by atoms with van der Waals surface area (Å²) in [6.07, 6.45) is 1.24. The normalized spacial score (nSPS) is 24.9. The van der Waals surface area contributed by atoms with Gasteiger partial charge in [-0.15, -0.1) is 0 Å². The third-order valence-corrected chi connectivity index (χ3v) is 4.14. The van der Waals surface area contributed by atoms with Crippen LogP contribution in [0.5, 0.6) is 0 Å². The first-order chi connectivity index (χ1) is 9.04. The number of halogens is 1. The molecule has 1 aliphatic heterocycles. The molecule has 1 fully saturated rings. The molecule has 0 bridgehead atoms. The van der Waals surface area contributed by atoms with Crippen LogP contribution in [0, 0.1) is 12.7 Å². The smallest absolute Gasteiger partial charge is 0.126 e. The maximum atomic E-state index is 13.4. The molecule has 1 aromatic rings. The summed E-state index contributed by atoms with van der Waals surface area (Å²) < 4.78 is 19.0. The Morgan fingerprint density at radius 1 is 1.53 bits per heavy atom. The largest absolute Gasteiger partial charge is 0.377 e. The second kappa shape index (κ2) is 5.99. The van der Waals surface area contributed by atoms with Crippen LogP contribution < -0.4 is 5.73 Å². The van der Waals surface area contributed by atoms with Crippen molar-refractivity contribution in [2.45, 2.75) is 38.5 Å². The summed E-state index contributed by atoms with van der Waals surface area (Å²) in [4.78, 5) is 2.27. The Hall–Kier alpha value is -0.970. The van der Waals surface area contributed by atoms with Gasteiger partial charge in [0.1, 0.15) is 5.82 Å². The van der Waals surface area contributed by atoms with Crippen LogP contribution in [0.4, 0.5) is 4.39 Å². The number of likely N-dealkylation sites (N-methyl/N-ethyl adjacent to an activating group) is 1. The second-order valence-corrected chi connectivity index (χ2v) is 5.36. The van der Waals surface area contributed by atoms with Crippen molar-refractivity contribution in [2.75, 3.05) is 20.2 Å². The summed E-state index contributed by atoms with van der Waals surface area (Å²) in [5.74, 6) is -0.167. The van der Waals surface area contributed by atoms with E-state index in [-0.39, 0.29) is 18.0 Å². The van der Waals surface area contributed by atoms with Gasteiger partial charge in [-0.05, 0) is 44.5 Å². The van der Waals surface area contributed by atoms with Crippen molar-refractivity contribution in [1.82, 2.24) is 4.90 Å². The van der Waals surface area contributed by atoms with E-state index in [1.54, 1.807) is 6.92 Å². The Labute approximate surface area is 114 Å². The SMILES string of the molecule is Cc1cc(C(CN)N(C)C2CCOC2C)ccc1F. The number of hydrogen-bond donors (Lipinski definition) is 1. The Bertz CT molecular complexity index is 438. The molecule has 106 valence electrons. The van der Waals surface area contributed by atoms with Gasteiger partial charge in [0.2, 0.25) is 0 Å². The zero-order valence-electron chi connectivity index (χ0n) is 11.9. The number of rotatable bonds is 4. The van der Waals surface area contributed by atoms with Gasteiger partial charge in [0, 0.05) is 25.2 Å². The topological polar surface area (TPSA) is 38.5 Å². The van der Waals surface area contributed by atoms with Crippen LogP contribution in [0.25, 0.3) is 0 Å². The average Bonchev–Trinajstić information content (AvgIpc) is 2.80. The molecule has 0 amide bonds. The van der Waals surface area contributed by atoms with E-state index in [4.69, 9.17) is 10.5 Å². The van der Waals surface area contributed by atoms with Gasteiger partial charge in [0.05, 0.1) is 6.10 Å². The molecule has 0 saturated carbocycles. The lowest BCUT2D eigenvalue weighted by Gasteiger charge is -2.34. The van der Waals surface area contributed by atoms with Gasteiger partial charge in [0.15, 0.2) is 0 Å². The molecule has 1 aliphatic rings. The Morgan fingerprint density at radius 3 is 2.79 bits per heavy atom. The van der Waals surface area contributed by atoms with E-state index >= 15 is 0 Å². The standard InChI is InChI=1S/C15H23FN2O/c1-10-8-12(4-5-13(10)16)15(9-17)18(3)14-6-7-19-11(14)2/h4-5,8,11,14-15H,6-7,9,17H2,1-3H3. The van der Waals surface area contributed by atoms with Crippen LogP contribution in [-0.4, -0.2) is 37.2 Å². The molecule has 2 N–H and O–H groups in total. The number of ether oxygens (including phenoxy) is 1. The fourth-order valence-corrected chi connectivity index (χ4v) is 2.90. The van der Waals surface area contributed by atoms with Crippen molar-refractivity contribution in [3.63, 3.8) is 0 Å². The number of aryl methyl sites for hydroxylation is 1. The number of nitrogens with zero attached hydrogens (tertiary/aromatic N) is 1. The minimum atomic E-state index is -0.167. The first-order valence-corrected chi connectivity index (χ1v) is 6.84. The Kier molecular flexibility index (Phi) is 4.55. The monoisotopic (exact) mass is 266 g/mol. The quantitative estimate of drug-likeness (QED) is 0.908. The van der Waals surface area contributed by atoms with Gasteiger partial charge >= 0.3 is 0 Å². The highest BCUT2D eigenvalue weighted by Gasteiger charge is 2.31. The molecule has 1 heterocycles. The number of hydrogen-bond acceptors (Lipinski definition) is 3. The van der Waals surface area contributed by atoms with E-state index in [9.17, 15) is 4.39 Å². The van der Waals surface area contributed by atoms with Crippen LogP contribution in [0.15, 0.2) is 18.2 Å². The molecule has 2 rings (SSSR count). The van der Waals surface area contributed by atoms with Crippen molar-refractivity contribution in [2.24, 2.45) is 5.73 Å². The minimum absolute atomic E-state index is 0.105. The van der Waals surface area contributed by atoms with E-state index in [2.05, 4.69) is 18.9 Å². The van der Waals surface area contributed by atoms with E-state index in [1.807, 2.05) is 12.1 Å². The molecule has 3 atom stereocenters. The highest BCUT2D eigenvalue weighted by molar-refractivity contribution is 5.27. The zero-order chi connectivity index (χ0) is 14.0. The van der Waals surface area contributed by atoms with Crippen molar-refractivity contribution in [3.8, 4) is 0 Å². The first kappa shape index (κ1) is 14.4. The molecule has 1 saturated heterocycles. The molecular weight excluding hydrogens is 243 g/mol. The van der Waals surface area contributed by atoms with Crippen LogP contribution in [0.1, 0.15) is 30.5 Å². The molecule has 3 nitrogen and oxygen atoms in total. The van der Waals surface area contributed by atoms with Gasteiger partial charge in [-0.3, -0.25) is 4.90 Å². The summed E-state index contributed by atoms with van der Waals surface area (Å²) in [7, 11) is 2.08. The van der Waals surface area contributed by atoms with Crippen molar-refractivity contribution >= 4 is 0 Å². The maximum absolute atomic E-state index is 13.4. The molecule has 1 aromatic carbocycles. The van der Waals surface area contributed by atoms with Crippen LogP contribution in [0.3, 0.4) is 0 Å². The van der Waals surface area contributed by atoms with Gasteiger partial charge in [-0.1, -0.05) is 12.1 Å². The second-order valence-electron chi connectivity index (χ2n) is 5.36. The summed E-state index contributed by atoms with van der Waals surface area (Å²) >= 11 is 0. The van der Waals surface area contributed by atoms with E-state index < -0.39 is 0 Å². The zero-order valence-corrected chi connectivity index (χ0v) is 11.9. The van der Waals surface area contributed by atoms with Crippen molar-refractivity contribution in [3.05, 3.63) is 35.1 Å². The number of nitrogens with two attached hydrogens (primary N) is 1. The lowest BCUT2D eigenvalue weighted by atomic mass is 10.00. The first-order valence-electron chi connectivity index (χ1n) is 6.84. The molecule has 4 heteroatoms. The van der Waals surface area contributed by atoms with Gasteiger partial charge in [0.25, 0.3) is 0 Å². The van der Waals surface area contributed by atoms with Gasteiger partial charge in [-0.25, -0.2) is 4.39 Å². The molecule has 0 aliphatic carbocycles. The van der Waals surface area contributed by atoms with Crippen molar-refractivity contribution in [1.29, 1.82) is 0 Å². The fraction of sp³-hybridized carbons (Fsp3) is 0.600. The van der Waals surface area contributed by atoms with Gasteiger partial charge < -0.3 is 10.5 Å². The molecule has 0 radical (unpaired) electrons. The predicted molar refractivity (Wildman–Crippen MR) is 74.5 cm³/mol. The van der Waals surface area contributed by atoms with Crippen LogP contribution >= 0.6 is 0 Å². The third kappa shape index (κ3) is 2.96. The summed E-state index contributed by atoms with van der Waals surface area (Å²) in [6, 6.07) is 5.73. The van der Waals surface area contributed by atoms with Gasteiger partial charge in [-0.2, -0.15) is 0 Å². The van der Waals surface area contributed by atoms with Crippen LogP contribution in [-0.2, 0) is 4.74 Å². The molecule has 0 aromatic heterocycles. The lowest BCUT2D eigenvalue weighted by Crippen LogP contribution is -2.42. The average molecular weight is 266 g/mol. The van der Waals surface area contributed by atoms with E-state index in [1.165, 1.54) is 6.07 Å². The molecule has 3 unspecified atom stereocenters. The Morgan fingerprint density at radius 2 is 2.26 bits per heavy atom. The molecule has 19 heavy (non-hydrogen) atoms. The summed E-state index contributed by atoms with van der Waals surface area (Å²) in [5.41, 5.74) is 7.67. The highest BCUT2D eigenvalue weighted by Crippen LogP contribution is 2.27. The van der Waals surface area contributed by atoms with E-state index in [0.29, 0.717) is 18.2 Å². The maximum Gasteiger partial charge on any atom is 0.126 e. The molecular formula is C15H23FN2O. The number of benzene rings is 1. The Balaban J connectivity index is 2.20. The highest BCUT2D eigenvalue weighted by atomic mass is 19.1. The predicted octanol–water partition coefficient (Wildman–Crippen LogP) is 2.24. The van der Waals surface area contributed by atoms with Crippen molar-refractivity contribution < 1.29 is 9.13 Å². The lowest BCUT2D eigenvalue weighted by molar-refractivity contribution is 0.0686. The molecule has 0 spiro atoms. The summed E-state index contributed by atoms with van der Waals surface area (Å²) in [5, 5.41) is 0. The summed E-state index contributed by atoms with van der Waals surface area (Å²) in [6.45, 7) is 5.20. The minimum Gasteiger partial charge on any atom is -0.377 e. The van der Waals surface area contributed by atoms with E-state index in [0.717, 1.165) is 18.6 Å².